The predicted molar refractivity (Wildman–Crippen MR) is 72.5 cm³/mol. The monoisotopic (exact) mass is 213 g/mol. The zero-order valence-electron chi connectivity index (χ0n) is 10.1. The molecule has 0 heterocycles. The molecule has 0 fully saturated rings. The Bertz CT molecular complexity index is 400. The van der Waals surface area contributed by atoms with E-state index in [2.05, 4.69) is 42.9 Å². The van der Waals surface area contributed by atoms with Crippen LogP contribution < -0.4 is 0 Å². The van der Waals surface area contributed by atoms with E-state index in [4.69, 9.17) is 0 Å². The molecule has 1 heteroatoms. The van der Waals surface area contributed by atoms with Crippen LogP contribution in [0, 0.1) is 0 Å². The first-order valence-electron chi connectivity index (χ1n) is 5.68. The second-order valence-corrected chi connectivity index (χ2v) is 3.65. The molecule has 0 spiro atoms. The van der Waals surface area contributed by atoms with Crippen molar-refractivity contribution < 1.29 is 0 Å². The van der Waals surface area contributed by atoms with Crippen LogP contribution in [0.1, 0.15) is 25.8 Å². The summed E-state index contributed by atoms with van der Waals surface area (Å²) < 4.78 is 0. The molecule has 84 valence electrons. The molecule has 16 heavy (non-hydrogen) atoms. The van der Waals surface area contributed by atoms with Gasteiger partial charge in [-0.1, -0.05) is 43.4 Å². The smallest absolute Gasteiger partial charge is 0.0657 e. The topological polar surface area (TPSA) is 12.4 Å². The van der Waals surface area contributed by atoms with Gasteiger partial charge in [0.25, 0.3) is 0 Å². The summed E-state index contributed by atoms with van der Waals surface area (Å²) in [7, 11) is 0. The number of nitrogens with zero attached hydrogens (tertiary/aromatic N) is 1. The first kappa shape index (κ1) is 12.4. The van der Waals surface area contributed by atoms with Gasteiger partial charge in [-0.15, -0.1) is 0 Å². The summed E-state index contributed by atoms with van der Waals surface area (Å²) in [4.78, 5) is 4.04. The van der Waals surface area contributed by atoms with Crippen molar-refractivity contribution in [3.8, 4) is 0 Å². The number of aliphatic imine (C=N–C) groups is 1. The lowest BCUT2D eigenvalue weighted by molar-refractivity contribution is 1.12. The third-order valence-corrected chi connectivity index (χ3v) is 2.40. The van der Waals surface area contributed by atoms with Crippen molar-refractivity contribution in [3.05, 3.63) is 53.6 Å². The summed E-state index contributed by atoms with van der Waals surface area (Å²) in [5.41, 5.74) is 3.55. The molecule has 0 aliphatic rings. The Morgan fingerprint density at radius 3 is 2.75 bits per heavy atom. The van der Waals surface area contributed by atoms with Crippen LogP contribution in [0.15, 0.2) is 53.1 Å². The van der Waals surface area contributed by atoms with Crippen molar-refractivity contribution in [1.82, 2.24) is 0 Å². The second kappa shape index (κ2) is 6.78. The van der Waals surface area contributed by atoms with Gasteiger partial charge in [0.2, 0.25) is 0 Å². The number of para-hydroxylation sites is 1. The predicted octanol–water partition coefficient (Wildman–Crippen LogP) is 4.47. The van der Waals surface area contributed by atoms with Gasteiger partial charge in [0.1, 0.15) is 0 Å². The van der Waals surface area contributed by atoms with Crippen LogP contribution in [0.25, 0.3) is 0 Å². The van der Waals surface area contributed by atoms with Gasteiger partial charge in [0.15, 0.2) is 0 Å². The zero-order valence-corrected chi connectivity index (χ0v) is 10.1. The summed E-state index contributed by atoms with van der Waals surface area (Å²) in [6.07, 6.45) is 8.46. The number of rotatable bonds is 5. The van der Waals surface area contributed by atoms with Crippen molar-refractivity contribution in [2.75, 3.05) is 0 Å². The summed E-state index contributed by atoms with van der Waals surface area (Å²) in [6, 6.07) is 8.15. The molecule has 0 N–H and O–H groups in total. The van der Waals surface area contributed by atoms with E-state index < -0.39 is 0 Å². The Labute approximate surface area is 98.2 Å². The fourth-order valence-corrected chi connectivity index (χ4v) is 1.71. The van der Waals surface area contributed by atoms with Gasteiger partial charge in [-0.3, -0.25) is 4.99 Å². The average molecular weight is 213 g/mol. The van der Waals surface area contributed by atoms with E-state index in [1.165, 1.54) is 11.1 Å². The van der Waals surface area contributed by atoms with Crippen LogP contribution in [-0.2, 0) is 6.42 Å². The van der Waals surface area contributed by atoms with Crippen molar-refractivity contribution >= 4 is 12.4 Å². The largest absolute Gasteiger partial charge is 0.264 e. The normalized spacial score (nSPS) is 12.0. The van der Waals surface area contributed by atoms with Crippen molar-refractivity contribution in [1.29, 1.82) is 0 Å². The molecule has 0 atom stereocenters. The van der Waals surface area contributed by atoms with E-state index in [1.807, 2.05) is 25.1 Å². The molecule has 0 amide bonds. The van der Waals surface area contributed by atoms with Gasteiger partial charge in [-0.25, -0.2) is 0 Å². The van der Waals surface area contributed by atoms with E-state index in [1.54, 1.807) is 0 Å². The molecule has 1 aromatic carbocycles. The molecule has 0 aliphatic heterocycles. The Morgan fingerprint density at radius 1 is 1.38 bits per heavy atom. The van der Waals surface area contributed by atoms with Crippen molar-refractivity contribution in [2.45, 2.75) is 26.7 Å². The average Bonchev–Trinajstić information content (AvgIpc) is 2.30. The fourth-order valence-electron chi connectivity index (χ4n) is 1.71. The maximum absolute atomic E-state index is 4.04. The molecular weight excluding hydrogens is 194 g/mol. The van der Waals surface area contributed by atoms with E-state index >= 15 is 0 Å². The number of allylic oxidation sites excluding steroid dienone is 4. The van der Waals surface area contributed by atoms with Crippen molar-refractivity contribution in [3.63, 3.8) is 0 Å². The maximum Gasteiger partial charge on any atom is 0.0657 e. The molecular formula is C15H19N. The first-order chi connectivity index (χ1) is 7.81. The Hall–Kier alpha value is -1.63. The molecule has 0 aliphatic carbocycles. The molecule has 0 aromatic heterocycles. The number of benzene rings is 1. The minimum Gasteiger partial charge on any atom is -0.264 e. The second-order valence-electron chi connectivity index (χ2n) is 3.65. The number of hydrogen-bond donors (Lipinski definition) is 0. The molecule has 1 aromatic rings. The third kappa shape index (κ3) is 3.50. The molecule has 1 rings (SSSR count). The standard InChI is InChI=1S/C15H19N/c1-4-8-13(9-5-2)12-14-10-6-7-11-15(14)16-3/h4,6-11H,3,5,12H2,1-2H3/b8-4-,13-9+. The van der Waals surface area contributed by atoms with E-state index in [-0.39, 0.29) is 0 Å². The van der Waals surface area contributed by atoms with Crippen LogP contribution in [0.3, 0.4) is 0 Å². The van der Waals surface area contributed by atoms with Crippen LogP contribution in [-0.4, -0.2) is 6.72 Å². The number of hydrogen-bond acceptors (Lipinski definition) is 1. The summed E-state index contributed by atoms with van der Waals surface area (Å²) >= 11 is 0. The Kier molecular flexibility index (Phi) is 5.27. The molecule has 0 radical (unpaired) electrons. The highest BCUT2D eigenvalue weighted by molar-refractivity contribution is 5.53. The Balaban J connectivity index is 2.93. The molecule has 1 nitrogen and oxygen atoms in total. The SMILES string of the molecule is C=Nc1ccccc1CC(/C=C\C)=C/CC. The van der Waals surface area contributed by atoms with Crippen molar-refractivity contribution in [2.24, 2.45) is 4.99 Å². The molecule has 0 saturated heterocycles. The maximum atomic E-state index is 4.04. The van der Waals surface area contributed by atoms with Crippen LogP contribution in [0.5, 0.6) is 0 Å². The lowest BCUT2D eigenvalue weighted by atomic mass is 10.0. The highest BCUT2D eigenvalue weighted by Gasteiger charge is 2.01. The Morgan fingerprint density at radius 2 is 2.12 bits per heavy atom. The van der Waals surface area contributed by atoms with Gasteiger partial charge in [0, 0.05) is 0 Å². The van der Waals surface area contributed by atoms with Crippen LogP contribution >= 0.6 is 0 Å². The minimum absolute atomic E-state index is 0.924. The third-order valence-electron chi connectivity index (χ3n) is 2.40. The van der Waals surface area contributed by atoms with E-state index in [9.17, 15) is 0 Å². The fraction of sp³-hybridized carbons (Fsp3) is 0.267. The van der Waals surface area contributed by atoms with E-state index in [0.717, 1.165) is 18.5 Å². The molecule has 0 unspecified atom stereocenters. The van der Waals surface area contributed by atoms with E-state index in [0.29, 0.717) is 0 Å². The highest BCUT2D eigenvalue weighted by atomic mass is 14.7. The lowest BCUT2D eigenvalue weighted by Gasteiger charge is -2.06. The molecule has 0 saturated carbocycles. The van der Waals surface area contributed by atoms with Gasteiger partial charge in [-0.2, -0.15) is 0 Å². The first-order valence-corrected chi connectivity index (χ1v) is 5.68. The van der Waals surface area contributed by atoms with Crippen LogP contribution in [0.2, 0.25) is 0 Å². The van der Waals surface area contributed by atoms with Gasteiger partial charge in [0.05, 0.1) is 5.69 Å². The summed E-state index contributed by atoms with van der Waals surface area (Å²) in [6.45, 7) is 7.80. The molecule has 0 bridgehead atoms. The van der Waals surface area contributed by atoms with Crippen LogP contribution in [0.4, 0.5) is 5.69 Å². The quantitative estimate of drug-likeness (QED) is 0.505. The minimum atomic E-state index is 0.924. The van der Waals surface area contributed by atoms with Gasteiger partial charge in [-0.05, 0) is 43.7 Å². The summed E-state index contributed by atoms with van der Waals surface area (Å²) in [5, 5.41) is 0. The van der Waals surface area contributed by atoms with Gasteiger partial charge < -0.3 is 0 Å². The van der Waals surface area contributed by atoms with Gasteiger partial charge >= 0.3 is 0 Å². The summed E-state index contributed by atoms with van der Waals surface area (Å²) in [5.74, 6) is 0. The highest BCUT2D eigenvalue weighted by Crippen LogP contribution is 2.21. The lowest BCUT2D eigenvalue weighted by Crippen LogP contribution is -1.88. The zero-order chi connectivity index (χ0) is 11.8.